The van der Waals surface area contributed by atoms with Gasteiger partial charge in [0.25, 0.3) is 0 Å². The predicted molar refractivity (Wildman–Crippen MR) is 326 cm³/mol. The molecule has 0 N–H and O–H groups in total. The van der Waals surface area contributed by atoms with E-state index in [-0.39, 0.29) is 0 Å². The van der Waals surface area contributed by atoms with Crippen molar-refractivity contribution in [2.75, 3.05) is 19.8 Å². The van der Waals surface area contributed by atoms with Crippen LogP contribution in [0, 0.1) is 0 Å². The molecule has 1 heterocycles. The number of hydrogen-bond acceptors (Lipinski definition) is 4. The molecular weight excluding hydrogens is 929 g/mol. The molecule has 0 aliphatic carbocycles. The van der Waals surface area contributed by atoms with Gasteiger partial charge in [0.1, 0.15) is 23.1 Å². The molecule has 0 fully saturated rings. The molecule has 0 spiro atoms. The highest BCUT2D eigenvalue weighted by Crippen LogP contribution is 2.45. The molecule has 0 bridgehead atoms. The van der Waals surface area contributed by atoms with Gasteiger partial charge in [-0.1, -0.05) is 241 Å². The molecule has 0 atom stereocenters. The number of aryl methyl sites for hydroxylation is 1. The Bertz CT molecular complexity index is 2960. The van der Waals surface area contributed by atoms with E-state index < -0.39 is 0 Å². The highest BCUT2D eigenvalue weighted by atomic mass is 16.5. The number of rotatable bonds is 35. The van der Waals surface area contributed by atoms with Crippen molar-refractivity contribution in [3.8, 4) is 62.0 Å². The Labute approximate surface area is 457 Å². The molecule has 8 rings (SSSR count). The first-order valence-corrected chi connectivity index (χ1v) is 30.3. The van der Waals surface area contributed by atoms with E-state index in [1.54, 1.807) is 0 Å². The number of fused-ring (bicyclic) bond motifs is 6. The zero-order valence-electron chi connectivity index (χ0n) is 47.1. The summed E-state index contributed by atoms with van der Waals surface area (Å²) in [6.07, 6.45) is 29.5. The predicted octanol–water partition coefficient (Wildman–Crippen LogP) is 21.6. The van der Waals surface area contributed by atoms with Crippen molar-refractivity contribution in [2.24, 2.45) is 0 Å². The molecule has 8 aromatic rings. The van der Waals surface area contributed by atoms with Crippen LogP contribution in [0.4, 0.5) is 0 Å². The molecule has 0 aliphatic heterocycles. The molecule has 0 amide bonds. The summed E-state index contributed by atoms with van der Waals surface area (Å²) in [5.41, 5.74) is 10.2. The van der Waals surface area contributed by atoms with Gasteiger partial charge in [0.15, 0.2) is 0 Å². The topological polar surface area (TPSA) is 45.5 Å². The number of unbranched alkanes of at least 4 members (excludes halogenated alkanes) is 20. The van der Waals surface area contributed by atoms with Crippen LogP contribution in [-0.4, -0.2) is 29.4 Å². The lowest BCUT2D eigenvalue weighted by Gasteiger charge is -2.19. The molecule has 7 aromatic carbocycles. The summed E-state index contributed by atoms with van der Waals surface area (Å²) >= 11 is 0. The van der Waals surface area contributed by atoms with Crippen LogP contribution in [-0.2, 0) is 6.54 Å². The maximum atomic E-state index is 6.96. The van der Waals surface area contributed by atoms with Crippen LogP contribution in [0.25, 0.3) is 77.3 Å². The van der Waals surface area contributed by atoms with E-state index >= 15 is 0 Å². The molecular formula is C71H90N2O3. The number of hydrogen-bond donors (Lipinski definition) is 0. The number of aromatic nitrogens is 2. The fourth-order valence-electron chi connectivity index (χ4n) is 11.1. The van der Waals surface area contributed by atoms with Crippen molar-refractivity contribution in [3.05, 3.63) is 133 Å². The minimum absolute atomic E-state index is 0.673. The van der Waals surface area contributed by atoms with Crippen LogP contribution in [0.1, 0.15) is 182 Å². The van der Waals surface area contributed by atoms with Crippen molar-refractivity contribution in [1.29, 1.82) is 0 Å². The highest BCUT2D eigenvalue weighted by Gasteiger charge is 2.22. The molecule has 1 aromatic heterocycles. The maximum absolute atomic E-state index is 6.96. The van der Waals surface area contributed by atoms with Crippen molar-refractivity contribution in [3.63, 3.8) is 0 Å². The monoisotopic (exact) mass is 1020 g/mol. The molecule has 5 nitrogen and oxygen atoms in total. The van der Waals surface area contributed by atoms with E-state index in [9.17, 15) is 0 Å². The van der Waals surface area contributed by atoms with Crippen molar-refractivity contribution in [2.45, 2.75) is 188 Å². The second kappa shape index (κ2) is 30.6. The minimum Gasteiger partial charge on any atom is -0.494 e. The summed E-state index contributed by atoms with van der Waals surface area (Å²) in [7, 11) is 0. The largest absolute Gasteiger partial charge is 0.494 e. The van der Waals surface area contributed by atoms with E-state index in [1.807, 2.05) is 0 Å². The van der Waals surface area contributed by atoms with Crippen molar-refractivity contribution < 1.29 is 14.2 Å². The summed E-state index contributed by atoms with van der Waals surface area (Å²) in [5, 5.41) is 4.83. The van der Waals surface area contributed by atoms with Gasteiger partial charge in [-0.05, 0) is 107 Å². The van der Waals surface area contributed by atoms with Gasteiger partial charge in [-0.15, -0.1) is 0 Å². The summed E-state index contributed by atoms with van der Waals surface area (Å²) in [6, 6.07) is 49.0. The summed E-state index contributed by atoms with van der Waals surface area (Å²) < 4.78 is 22.7. The third-order valence-electron chi connectivity index (χ3n) is 15.5. The molecule has 402 valence electrons. The molecule has 0 saturated carbocycles. The first-order valence-electron chi connectivity index (χ1n) is 30.3. The van der Waals surface area contributed by atoms with Crippen molar-refractivity contribution in [1.82, 2.24) is 9.55 Å². The van der Waals surface area contributed by atoms with Gasteiger partial charge in [0.05, 0.1) is 30.9 Å². The van der Waals surface area contributed by atoms with Crippen LogP contribution in [0.5, 0.6) is 17.2 Å². The number of benzene rings is 7. The van der Waals surface area contributed by atoms with E-state index in [0.29, 0.717) is 13.2 Å². The Morgan fingerprint density at radius 3 is 1.33 bits per heavy atom. The molecule has 0 aliphatic rings. The van der Waals surface area contributed by atoms with E-state index in [2.05, 4.69) is 166 Å². The van der Waals surface area contributed by atoms with E-state index in [1.165, 1.54) is 161 Å². The van der Waals surface area contributed by atoms with Gasteiger partial charge in [-0.3, -0.25) is 0 Å². The Kier molecular flexibility index (Phi) is 22.6. The van der Waals surface area contributed by atoms with Crippen LogP contribution in [0.15, 0.2) is 133 Å². The summed E-state index contributed by atoms with van der Waals surface area (Å²) in [4.78, 5) is 5.80. The Morgan fingerprint density at radius 1 is 0.342 bits per heavy atom. The molecule has 76 heavy (non-hydrogen) atoms. The number of nitrogens with zero attached hydrogens (tertiary/aromatic N) is 2. The lowest BCUT2D eigenvalue weighted by molar-refractivity contribution is 0.298. The molecule has 0 radical (unpaired) electrons. The maximum Gasteiger partial charge on any atom is 0.141 e. The van der Waals surface area contributed by atoms with Crippen LogP contribution in [0.3, 0.4) is 0 Å². The van der Waals surface area contributed by atoms with Gasteiger partial charge >= 0.3 is 0 Å². The molecule has 0 unspecified atom stereocenters. The average molecular weight is 1020 g/mol. The lowest BCUT2D eigenvalue weighted by Crippen LogP contribution is -2.03. The fourth-order valence-corrected chi connectivity index (χ4v) is 11.1. The summed E-state index contributed by atoms with van der Waals surface area (Å²) in [6.45, 7) is 12.1. The van der Waals surface area contributed by atoms with E-state index in [0.717, 1.165) is 101 Å². The van der Waals surface area contributed by atoms with Crippen LogP contribution < -0.4 is 14.2 Å². The second-order valence-electron chi connectivity index (χ2n) is 21.5. The van der Waals surface area contributed by atoms with Gasteiger partial charge in [0.2, 0.25) is 0 Å². The van der Waals surface area contributed by atoms with Crippen LogP contribution >= 0.6 is 0 Å². The highest BCUT2D eigenvalue weighted by molar-refractivity contribution is 6.25. The standard InChI is InChI=1S/C71H90N2O3/c1-5-9-13-17-21-31-47-73-70-66-51-58(55-35-27-25-28-36-55)41-45-62(66)61-46-42-59(52-65(61)69(70)72-71(73)57-39-43-60(44-40-57)74-48-32-22-18-14-10-6-2)64-54-67(75-49-33-23-19-15-11-7-3)63(56-37-29-26-30-38-56)53-68(64)76-50-34-24-20-16-12-8-4/h25-30,35-46,51-54H,5-24,31-34,47-50H2,1-4H3. The van der Waals surface area contributed by atoms with Gasteiger partial charge in [0, 0.05) is 34.0 Å². The normalized spacial score (nSPS) is 11.6. The first kappa shape index (κ1) is 56.1. The molecule has 0 saturated heterocycles. The zero-order chi connectivity index (χ0) is 52.6. The van der Waals surface area contributed by atoms with E-state index in [4.69, 9.17) is 19.2 Å². The fraction of sp³-hybridized carbons (Fsp3) is 0.451. The van der Waals surface area contributed by atoms with Crippen LogP contribution in [0.2, 0.25) is 0 Å². The first-order chi connectivity index (χ1) is 37.6. The van der Waals surface area contributed by atoms with Gasteiger partial charge in [-0.2, -0.15) is 0 Å². The SMILES string of the molecule is CCCCCCCCOc1ccc(-c2nc3c4cc(-c5cc(OCCCCCCCC)c(-c6ccccc6)cc5OCCCCCCCC)ccc4c4ccc(-c5ccccc5)cc4c3n2CCCCCCCC)cc1. The average Bonchev–Trinajstić information content (AvgIpc) is 3.88. The Morgan fingerprint density at radius 2 is 0.776 bits per heavy atom. The summed E-state index contributed by atoms with van der Waals surface area (Å²) in [5.74, 6) is 3.74. The second-order valence-corrected chi connectivity index (χ2v) is 21.5. The smallest absolute Gasteiger partial charge is 0.141 e. The number of ether oxygens (including phenoxy) is 3. The van der Waals surface area contributed by atoms with Gasteiger partial charge < -0.3 is 18.8 Å². The molecule has 5 heteroatoms. The van der Waals surface area contributed by atoms with Crippen molar-refractivity contribution >= 4 is 32.6 Å². The lowest BCUT2D eigenvalue weighted by atomic mass is 9.92. The Balaban J connectivity index is 1.26. The third kappa shape index (κ3) is 15.3. The Hall–Kier alpha value is -6.07. The quantitative estimate of drug-likeness (QED) is 0.0293. The number of imidazole rings is 1. The minimum atomic E-state index is 0.673. The zero-order valence-corrected chi connectivity index (χ0v) is 47.1. The third-order valence-corrected chi connectivity index (χ3v) is 15.5. The van der Waals surface area contributed by atoms with Gasteiger partial charge in [-0.25, -0.2) is 4.98 Å².